The molecule has 2 heterocycles. The van der Waals surface area contributed by atoms with Crippen LogP contribution in [0.3, 0.4) is 0 Å². The Balaban J connectivity index is 1.86. The molecule has 69 heavy (non-hydrogen) atoms. The van der Waals surface area contributed by atoms with Crippen LogP contribution in [0.1, 0.15) is 155 Å². The van der Waals surface area contributed by atoms with Crippen molar-refractivity contribution in [2.24, 2.45) is 0 Å². The van der Waals surface area contributed by atoms with Crippen molar-refractivity contribution in [1.82, 2.24) is 9.55 Å². The molecule has 0 saturated carbocycles. The molecule has 0 aromatic carbocycles. The third kappa shape index (κ3) is 29.4. The summed E-state index contributed by atoms with van der Waals surface area (Å²) in [4.78, 5) is 61.8. The fraction of sp³-hybridized carbons (Fsp3) is 0.667. The number of aliphatic hydroxyl groups is 3. The van der Waals surface area contributed by atoms with Crippen LogP contribution < -0.4 is 11.4 Å². The number of aromatic nitrogens is 2. The molecule has 1 aliphatic heterocycles. The summed E-state index contributed by atoms with van der Waals surface area (Å²) < 4.78 is 56.6. The van der Waals surface area contributed by atoms with Crippen molar-refractivity contribution in [3.8, 4) is 0 Å². The highest BCUT2D eigenvalue weighted by molar-refractivity contribution is 7.61. The number of nitrogen functional groups attached to an aromatic ring is 1. The smallest absolute Gasteiger partial charge is 0.462 e. The van der Waals surface area contributed by atoms with E-state index >= 15 is 0 Å². The van der Waals surface area contributed by atoms with Crippen molar-refractivity contribution in [3.63, 3.8) is 0 Å². The van der Waals surface area contributed by atoms with Crippen LogP contribution in [0.25, 0.3) is 0 Å². The van der Waals surface area contributed by atoms with Crippen LogP contribution in [0.15, 0.2) is 77.8 Å². The van der Waals surface area contributed by atoms with Crippen LogP contribution in [0.5, 0.6) is 0 Å². The summed E-state index contributed by atoms with van der Waals surface area (Å²) in [5.74, 6) is -1.42. The van der Waals surface area contributed by atoms with Gasteiger partial charge in [0, 0.05) is 19.0 Å². The van der Waals surface area contributed by atoms with Crippen molar-refractivity contribution in [1.29, 1.82) is 0 Å². The molecule has 2 rings (SSSR count). The molecule has 2 unspecified atom stereocenters. The molecular formula is C48H79N3O16P2. The van der Waals surface area contributed by atoms with E-state index in [1.165, 1.54) is 44.6 Å². The monoisotopic (exact) mass is 1020 g/mol. The van der Waals surface area contributed by atoms with Gasteiger partial charge in [0.15, 0.2) is 12.3 Å². The van der Waals surface area contributed by atoms with E-state index in [0.717, 1.165) is 62.1 Å². The zero-order chi connectivity index (χ0) is 50.8. The second-order valence-electron chi connectivity index (χ2n) is 16.8. The molecule has 1 aliphatic rings. The van der Waals surface area contributed by atoms with Crippen LogP contribution in [0, 0.1) is 0 Å². The van der Waals surface area contributed by atoms with E-state index in [1.807, 2.05) is 30.4 Å². The molecule has 1 aromatic heterocycles. The Morgan fingerprint density at radius 1 is 0.768 bits per heavy atom. The molecular weight excluding hydrogens is 936 g/mol. The van der Waals surface area contributed by atoms with E-state index in [-0.39, 0.29) is 18.7 Å². The van der Waals surface area contributed by atoms with Gasteiger partial charge in [-0.2, -0.15) is 9.29 Å². The normalized spacial score (nSPS) is 20.3. The van der Waals surface area contributed by atoms with Crippen molar-refractivity contribution >= 4 is 33.4 Å². The summed E-state index contributed by atoms with van der Waals surface area (Å²) in [6.45, 7) is 1.95. The number of allylic oxidation sites excluding steroid dienone is 8. The average molecular weight is 1020 g/mol. The Hall–Kier alpha value is -3.58. The lowest BCUT2D eigenvalue weighted by Gasteiger charge is -2.21. The zero-order valence-corrected chi connectivity index (χ0v) is 42.2. The minimum absolute atomic E-state index is 0.0137. The fourth-order valence-corrected chi connectivity index (χ4v) is 8.91. The van der Waals surface area contributed by atoms with E-state index < -0.39 is 89.8 Å². The van der Waals surface area contributed by atoms with Crippen LogP contribution in [0.4, 0.5) is 5.82 Å². The minimum Gasteiger partial charge on any atom is -0.462 e. The Morgan fingerprint density at radius 3 is 2.07 bits per heavy atom. The summed E-state index contributed by atoms with van der Waals surface area (Å²) in [5.41, 5.74) is 4.57. The lowest BCUT2D eigenvalue weighted by molar-refractivity contribution is -0.161. The van der Waals surface area contributed by atoms with E-state index in [2.05, 4.69) is 41.4 Å². The lowest BCUT2D eigenvalue weighted by atomic mass is 10.1. The predicted octanol–water partition coefficient (Wildman–Crippen LogP) is 8.52. The van der Waals surface area contributed by atoms with Crippen LogP contribution >= 0.6 is 15.6 Å². The highest BCUT2D eigenvalue weighted by Crippen LogP contribution is 2.60. The zero-order valence-electron chi connectivity index (χ0n) is 40.5. The Kier molecular flexibility index (Phi) is 32.4. The highest BCUT2D eigenvalue weighted by Gasteiger charge is 2.46. The van der Waals surface area contributed by atoms with Crippen molar-refractivity contribution in [2.75, 3.05) is 25.6 Å². The second-order valence-corrected chi connectivity index (χ2v) is 19.8. The Bertz CT molecular complexity index is 1910. The lowest BCUT2D eigenvalue weighted by Crippen LogP contribution is -2.36. The molecule has 392 valence electrons. The van der Waals surface area contributed by atoms with E-state index in [0.29, 0.717) is 32.1 Å². The van der Waals surface area contributed by atoms with Gasteiger partial charge in [0.1, 0.15) is 30.7 Å². The Labute approximate surface area is 407 Å². The summed E-state index contributed by atoms with van der Waals surface area (Å²) in [5, 5.41) is 31.0. The number of phosphoric ester groups is 2. The molecule has 1 aromatic rings. The van der Waals surface area contributed by atoms with E-state index in [4.69, 9.17) is 29.0 Å². The van der Waals surface area contributed by atoms with Gasteiger partial charge in [0.2, 0.25) is 0 Å². The van der Waals surface area contributed by atoms with Crippen molar-refractivity contribution in [2.45, 2.75) is 185 Å². The average Bonchev–Trinajstić information content (AvgIpc) is 3.58. The molecule has 0 bridgehead atoms. The van der Waals surface area contributed by atoms with Gasteiger partial charge in [0.25, 0.3) is 0 Å². The quantitative estimate of drug-likeness (QED) is 0.0118. The van der Waals surface area contributed by atoms with Crippen LogP contribution in [0.2, 0.25) is 0 Å². The molecule has 1 saturated heterocycles. The summed E-state index contributed by atoms with van der Waals surface area (Å²) >= 11 is 0. The topological polar surface area (TPSA) is 286 Å². The number of esters is 2. The highest BCUT2D eigenvalue weighted by atomic mass is 31.3. The first kappa shape index (κ1) is 61.5. The van der Waals surface area contributed by atoms with Crippen LogP contribution in [-0.2, 0) is 46.3 Å². The minimum atomic E-state index is -5.45. The van der Waals surface area contributed by atoms with Gasteiger partial charge in [-0.25, -0.2) is 13.9 Å². The predicted molar refractivity (Wildman–Crippen MR) is 262 cm³/mol. The fourth-order valence-electron chi connectivity index (χ4n) is 6.79. The number of carbonyl (C=O) groups is 2. The number of nitrogens with two attached hydrogens (primary N) is 1. The maximum Gasteiger partial charge on any atom is 0.481 e. The van der Waals surface area contributed by atoms with Crippen molar-refractivity contribution < 1.29 is 71.4 Å². The van der Waals surface area contributed by atoms with Gasteiger partial charge in [-0.3, -0.25) is 23.2 Å². The number of carbonyl (C=O) groups excluding carboxylic acids is 2. The first-order valence-corrected chi connectivity index (χ1v) is 27.4. The molecule has 7 N–H and O–H groups in total. The molecule has 0 radical (unpaired) electrons. The molecule has 0 spiro atoms. The molecule has 0 amide bonds. The molecule has 21 heteroatoms. The van der Waals surface area contributed by atoms with Crippen molar-refractivity contribution in [3.05, 3.63) is 83.5 Å². The summed E-state index contributed by atoms with van der Waals surface area (Å²) in [6, 6.07) is 1.24. The summed E-state index contributed by atoms with van der Waals surface area (Å²) in [6.07, 6.45) is 30.6. The number of aliphatic hydroxyl groups excluding tert-OH is 3. The van der Waals surface area contributed by atoms with Gasteiger partial charge in [-0.1, -0.05) is 126 Å². The van der Waals surface area contributed by atoms with Gasteiger partial charge in [-0.05, 0) is 76.7 Å². The maximum absolute atomic E-state index is 12.8. The van der Waals surface area contributed by atoms with Gasteiger partial charge in [0.05, 0.1) is 19.3 Å². The van der Waals surface area contributed by atoms with Crippen LogP contribution in [-0.4, -0.2) is 96.9 Å². The number of rotatable bonds is 39. The Morgan fingerprint density at radius 2 is 1.36 bits per heavy atom. The standard InChI is InChI=1S/C48H79N3O16P2/c1-3-5-7-9-11-12-13-14-15-16-21-25-29-33-44(54)65-40(36-62-43(53)32-28-24-20-18-17-19-23-27-31-39(52)30-26-22-10-8-6-4-2)37-63-68(58,59)67-69(60,61)64-38-41-45(55)46(56)47(66-41)51-35-34-42(49)50-48(51)57/h12-13,18-20,22-23,26-27,31,34-35,39-41,45-47,52,55-56H,3-11,14-17,21,24-25,28-30,32-33,36-38H2,1-2H3,(H,58,59)(H,60,61)(H2,49,50,57)/b13-12-,20-18-,23-19-,26-22-,31-27+/t39-,40-,41-,45-,46-,47-/m1/s1. The number of unbranched alkanes of at least 4 members (excludes halogenated alkanes) is 13. The van der Waals surface area contributed by atoms with Gasteiger partial charge < -0.3 is 45.1 Å². The first-order valence-electron chi connectivity index (χ1n) is 24.4. The number of nitrogens with zero attached hydrogens (tertiary/aromatic N) is 2. The second kappa shape index (κ2) is 36.4. The number of hydrogen-bond donors (Lipinski definition) is 6. The SMILES string of the molecule is CCCCC/C=C\C[C@@H](O)/C=C/C=C\C/C=C\CCCC(=O)OC[C@H](COP(=O)(O)OP(=O)(O)OC[C@H]1O[C@@H](n2ccc(N)nc2=O)[C@H](O)[C@@H]1O)OC(=O)CCCCCCC/C=C\CCCCCC. The van der Waals surface area contributed by atoms with Gasteiger partial charge in [-0.15, -0.1) is 0 Å². The molecule has 8 atom stereocenters. The third-order valence-corrected chi connectivity index (χ3v) is 13.3. The number of phosphoric acid groups is 2. The summed E-state index contributed by atoms with van der Waals surface area (Å²) in [7, 11) is -10.9. The molecule has 0 aliphatic carbocycles. The van der Waals surface area contributed by atoms with E-state index in [9.17, 15) is 48.6 Å². The van der Waals surface area contributed by atoms with E-state index in [1.54, 1.807) is 12.2 Å². The first-order chi connectivity index (χ1) is 33.1. The maximum atomic E-state index is 12.8. The number of hydrogen-bond acceptors (Lipinski definition) is 16. The third-order valence-electron chi connectivity index (χ3n) is 10.7. The number of ether oxygens (including phenoxy) is 3. The number of anilines is 1. The van der Waals surface area contributed by atoms with Gasteiger partial charge >= 0.3 is 33.3 Å². The largest absolute Gasteiger partial charge is 0.481 e. The molecule has 19 nitrogen and oxygen atoms in total. The molecule has 1 fully saturated rings.